The highest BCUT2D eigenvalue weighted by Crippen LogP contribution is 2.30. The van der Waals surface area contributed by atoms with Gasteiger partial charge in [0.25, 0.3) is 0 Å². The van der Waals surface area contributed by atoms with Crippen LogP contribution in [0.5, 0.6) is 17.2 Å². The lowest BCUT2D eigenvalue weighted by Gasteiger charge is -2.23. The van der Waals surface area contributed by atoms with Crippen LogP contribution in [0.4, 0.5) is 0 Å². The van der Waals surface area contributed by atoms with Crippen LogP contribution in [0.25, 0.3) is 0 Å². The van der Waals surface area contributed by atoms with E-state index >= 15 is 0 Å². The fourth-order valence-corrected chi connectivity index (χ4v) is 4.74. The molecular weight excluding hydrogens is 436 g/mol. The van der Waals surface area contributed by atoms with Crippen LogP contribution in [0.1, 0.15) is 42.4 Å². The van der Waals surface area contributed by atoms with E-state index in [0.29, 0.717) is 30.9 Å². The lowest BCUT2D eigenvalue weighted by Crippen LogP contribution is -2.38. The maximum atomic E-state index is 12.2. The lowest BCUT2D eigenvalue weighted by atomic mass is 10.0. The molecule has 8 heteroatoms. The normalized spacial score (nSPS) is 18.4. The van der Waals surface area contributed by atoms with Crippen molar-refractivity contribution < 1.29 is 29.3 Å². The smallest absolute Gasteiger partial charge is 0.326 e. The van der Waals surface area contributed by atoms with Crippen LogP contribution in [-0.4, -0.2) is 71.3 Å². The van der Waals surface area contributed by atoms with Gasteiger partial charge in [-0.1, -0.05) is 18.2 Å². The molecule has 0 bridgehead atoms. The largest absolute Gasteiger partial charge is 0.508 e. The molecule has 2 fully saturated rings. The summed E-state index contributed by atoms with van der Waals surface area (Å²) in [6, 6.07) is 10.1. The molecule has 2 heterocycles. The van der Waals surface area contributed by atoms with Crippen LogP contribution in [0.15, 0.2) is 36.4 Å². The third-order valence-electron chi connectivity index (χ3n) is 6.61. The van der Waals surface area contributed by atoms with Gasteiger partial charge in [0.2, 0.25) is 5.91 Å². The van der Waals surface area contributed by atoms with Crippen molar-refractivity contribution in [3.8, 4) is 17.2 Å². The molecule has 2 aromatic carbocycles. The van der Waals surface area contributed by atoms with Crippen molar-refractivity contribution >= 4 is 11.9 Å². The summed E-state index contributed by atoms with van der Waals surface area (Å²) in [5, 5.41) is 19.4. The minimum atomic E-state index is -0.981. The summed E-state index contributed by atoms with van der Waals surface area (Å²) in [6.07, 6.45) is 3.63. The van der Waals surface area contributed by atoms with Gasteiger partial charge in [-0.3, -0.25) is 9.69 Å². The van der Waals surface area contributed by atoms with Crippen LogP contribution in [0.2, 0.25) is 0 Å². The Kier molecular flexibility index (Phi) is 7.57. The van der Waals surface area contributed by atoms with Crippen molar-refractivity contribution in [2.75, 3.05) is 33.4 Å². The van der Waals surface area contributed by atoms with Gasteiger partial charge in [-0.25, -0.2) is 4.79 Å². The van der Waals surface area contributed by atoms with Crippen molar-refractivity contribution in [2.45, 2.75) is 44.7 Å². The van der Waals surface area contributed by atoms with Crippen molar-refractivity contribution in [3.05, 3.63) is 53.1 Å². The number of carbonyl (C=O) groups excluding carboxylic acids is 1. The molecule has 0 aliphatic carbocycles. The van der Waals surface area contributed by atoms with E-state index in [2.05, 4.69) is 4.90 Å². The summed E-state index contributed by atoms with van der Waals surface area (Å²) in [5.74, 6) is 0.298. The zero-order valence-corrected chi connectivity index (χ0v) is 19.5. The van der Waals surface area contributed by atoms with Crippen LogP contribution in [-0.2, 0) is 22.6 Å². The molecule has 0 aromatic heterocycles. The van der Waals surface area contributed by atoms with Crippen LogP contribution < -0.4 is 9.47 Å². The van der Waals surface area contributed by atoms with Crippen molar-refractivity contribution in [1.29, 1.82) is 0 Å². The summed E-state index contributed by atoms with van der Waals surface area (Å²) in [5.41, 5.74) is 2.70. The van der Waals surface area contributed by atoms with Crippen LogP contribution in [0.3, 0.4) is 0 Å². The van der Waals surface area contributed by atoms with Gasteiger partial charge in [0.15, 0.2) is 0 Å². The van der Waals surface area contributed by atoms with E-state index in [4.69, 9.17) is 9.47 Å². The molecule has 0 radical (unpaired) electrons. The summed E-state index contributed by atoms with van der Waals surface area (Å²) < 4.78 is 11.6. The predicted molar refractivity (Wildman–Crippen MR) is 126 cm³/mol. The Hall–Kier alpha value is -3.26. The molecule has 2 aliphatic heterocycles. The number of rotatable bonds is 10. The Balaban J connectivity index is 1.46. The minimum absolute atomic E-state index is 0.154. The number of nitrogens with zero attached hydrogens (tertiary/aromatic N) is 2. The number of carbonyl (C=O) groups is 2. The van der Waals surface area contributed by atoms with Crippen LogP contribution in [0, 0.1) is 0 Å². The van der Waals surface area contributed by atoms with E-state index in [9.17, 15) is 19.8 Å². The van der Waals surface area contributed by atoms with Gasteiger partial charge in [0, 0.05) is 31.0 Å². The van der Waals surface area contributed by atoms with Gasteiger partial charge in [-0.2, -0.15) is 0 Å². The summed E-state index contributed by atoms with van der Waals surface area (Å²) in [7, 11) is 1.57. The van der Waals surface area contributed by atoms with Gasteiger partial charge in [0.1, 0.15) is 29.9 Å². The third-order valence-corrected chi connectivity index (χ3v) is 6.61. The highest BCUT2D eigenvalue weighted by atomic mass is 16.5. The zero-order valence-electron chi connectivity index (χ0n) is 19.5. The number of amides is 1. The molecule has 1 amide bonds. The molecule has 4 rings (SSSR count). The topological polar surface area (TPSA) is 99.5 Å². The number of carboxylic acid groups (broad SMARTS) is 1. The highest BCUT2D eigenvalue weighted by Gasteiger charge is 2.36. The first-order chi connectivity index (χ1) is 16.4. The number of hydrogen-bond donors (Lipinski definition) is 2. The molecule has 2 saturated heterocycles. The fourth-order valence-electron chi connectivity index (χ4n) is 4.74. The van der Waals surface area contributed by atoms with E-state index in [1.807, 2.05) is 24.3 Å². The van der Waals surface area contributed by atoms with Gasteiger partial charge in [-0.05, 0) is 55.6 Å². The number of likely N-dealkylation sites (tertiary alicyclic amines) is 2. The standard InChI is InChI=1S/C26H32N2O6/c1-33-23-15-18(4-5-20(23)17-28-22(26(31)32)8-9-25(28)30)14-19-6-7-21(29)16-24(19)34-13-12-27-10-2-3-11-27/h4-7,15-16,22,29H,2-3,8-14,17H2,1H3,(H,31,32). The Labute approximate surface area is 199 Å². The van der Waals surface area contributed by atoms with E-state index in [0.717, 1.165) is 36.3 Å². The van der Waals surface area contributed by atoms with Gasteiger partial charge in [-0.15, -0.1) is 0 Å². The number of ether oxygens (including phenoxy) is 2. The van der Waals surface area contributed by atoms with E-state index in [1.165, 1.54) is 17.7 Å². The van der Waals surface area contributed by atoms with Crippen molar-refractivity contribution in [2.24, 2.45) is 0 Å². The molecule has 2 N–H and O–H groups in total. The molecule has 2 aliphatic rings. The average Bonchev–Trinajstić information content (AvgIpc) is 3.46. The first kappa shape index (κ1) is 23.9. The van der Waals surface area contributed by atoms with E-state index < -0.39 is 12.0 Å². The lowest BCUT2D eigenvalue weighted by molar-refractivity contribution is -0.146. The second kappa shape index (κ2) is 10.8. The summed E-state index contributed by atoms with van der Waals surface area (Å²) >= 11 is 0. The number of aromatic hydroxyl groups is 1. The number of carboxylic acids is 1. The Morgan fingerprint density at radius 3 is 2.59 bits per heavy atom. The Morgan fingerprint density at radius 2 is 1.85 bits per heavy atom. The van der Waals surface area contributed by atoms with Gasteiger partial charge in [0.05, 0.1) is 13.7 Å². The maximum absolute atomic E-state index is 12.2. The second-order valence-electron chi connectivity index (χ2n) is 8.93. The number of phenolic OH excluding ortho intramolecular Hbond substituents is 1. The molecule has 0 saturated carbocycles. The maximum Gasteiger partial charge on any atom is 0.326 e. The molecule has 182 valence electrons. The average molecular weight is 469 g/mol. The minimum Gasteiger partial charge on any atom is -0.508 e. The number of methoxy groups -OCH3 is 1. The monoisotopic (exact) mass is 468 g/mol. The van der Waals surface area contributed by atoms with Crippen LogP contribution >= 0.6 is 0 Å². The Morgan fingerprint density at radius 1 is 1.09 bits per heavy atom. The summed E-state index contributed by atoms with van der Waals surface area (Å²) in [4.78, 5) is 27.5. The van der Waals surface area contributed by atoms with Crippen molar-refractivity contribution in [3.63, 3.8) is 0 Å². The van der Waals surface area contributed by atoms with E-state index in [1.54, 1.807) is 19.2 Å². The summed E-state index contributed by atoms with van der Waals surface area (Å²) in [6.45, 7) is 3.85. The predicted octanol–water partition coefficient (Wildman–Crippen LogP) is 3.04. The fraction of sp³-hybridized carbons (Fsp3) is 0.462. The molecule has 1 unspecified atom stereocenters. The number of aliphatic carboxylic acids is 1. The number of hydrogen-bond acceptors (Lipinski definition) is 6. The van der Waals surface area contributed by atoms with Crippen molar-refractivity contribution in [1.82, 2.24) is 9.80 Å². The molecule has 8 nitrogen and oxygen atoms in total. The molecular formula is C26H32N2O6. The Bertz CT molecular complexity index is 1030. The molecule has 34 heavy (non-hydrogen) atoms. The second-order valence-corrected chi connectivity index (χ2v) is 8.93. The molecule has 0 spiro atoms. The zero-order chi connectivity index (χ0) is 24.1. The molecule has 1 atom stereocenters. The first-order valence-electron chi connectivity index (χ1n) is 11.8. The van der Waals surface area contributed by atoms with Gasteiger partial charge >= 0.3 is 5.97 Å². The van der Waals surface area contributed by atoms with Gasteiger partial charge < -0.3 is 24.6 Å². The highest BCUT2D eigenvalue weighted by molar-refractivity contribution is 5.87. The third kappa shape index (κ3) is 5.62. The molecule has 2 aromatic rings. The number of phenols is 1. The SMILES string of the molecule is COc1cc(Cc2ccc(O)cc2OCCN2CCCC2)ccc1CN1C(=O)CCC1C(=O)O. The van der Waals surface area contributed by atoms with E-state index in [-0.39, 0.29) is 24.6 Å². The number of benzene rings is 2. The quantitative estimate of drug-likeness (QED) is 0.553. The first-order valence-corrected chi connectivity index (χ1v) is 11.8.